The smallest absolute Gasteiger partial charge is 0.307 e. The zero-order valence-electron chi connectivity index (χ0n) is 7.93. The lowest BCUT2D eigenvalue weighted by Crippen LogP contribution is -2.20. The zero-order chi connectivity index (χ0) is 12.3. The minimum Gasteiger partial charge on any atom is -0.481 e. The van der Waals surface area contributed by atoms with Gasteiger partial charge in [-0.3, -0.25) is 4.79 Å². The molecule has 1 aromatic rings. The summed E-state index contributed by atoms with van der Waals surface area (Å²) in [5, 5.41) is 8.63. The highest BCUT2D eigenvalue weighted by Crippen LogP contribution is 2.21. The van der Waals surface area contributed by atoms with Gasteiger partial charge >= 0.3 is 5.97 Å². The van der Waals surface area contributed by atoms with Crippen molar-refractivity contribution in [3.8, 4) is 0 Å². The van der Waals surface area contributed by atoms with E-state index in [0.717, 1.165) is 12.1 Å². The van der Waals surface area contributed by atoms with Gasteiger partial charge in [0.1, 0.15) is 0 Å². The molecule has 0 saturated heterocycles. The number of aliphatic carboxylic acids is 1. The van der Waals surface area contributed by atoms with Crippen LogP contribution in [-0.2, 0) is 14.6 Å². The molecule has 0 fully saturated rings. The Labute approximate surface area is 96.6 Å². The summed E-state index contributed by atoms with van der Waals surface area (Å²) < 4.78 is 36.2. The van der Waals surface area contributed by atoms with Crippen molar-refractivity contribution < 1.29 is 22.7 Å². The highest BCUT2D eigenvalue weighted by molar-refractivity contribution is 7.92. The Hall–Kier alpha value is -1.14. The molecule has 0 bridgehead atoms. The van der Waals surface area contributed by atoms with E-state index in [2.05, 4.69) is 0 Å². The van der Waals surface area contributed by atoms with E-state index in [0.29, 0.717) is 5.02 Å². The summed E-state index contributed by atoms with van der Waals surface area (Å²) >= 11 is 5.54. The van der Waals surface area contributed by atoms with Crippen LogP contribution in [0.15, 0.2) is 29.2 Å². The molecule has 88 valence electrons. The molecule has 1 N–H and O–H groups in total. The first-order valence-electron chi connectivity index (χ1n) is 4.19. The van der Waals surface area contributed by atoms with Crippen molar-refractivity contribution in [3.05, 3.63) is 29.3 Å². The lowest BCUT2D eigenvalue weighted by molar-refractivity contribution is -0.137. The largest absolute Gasteiger partial charge is 0.481 e. The third kappa shape index (κ3) is 2.93. The average molecular weight is 267 g/mol. The maximum Gasteiger partial charge on any atom is 0.307 e. The average Bonchev–Trinajstić information content (AvgIpc) is 2.17. The molecule has 1 aromatic carbocycles. The van der Waals surface area contributed by atoms with Gasteiger partial charge in [0.05, 0.1) is 11.3 Å². The molecule has 0 aliphatic rings. The van der Waals surface area contributed by atoms with E-state index < -0.39 is 27.7 Å². The SMILES string of the molecule is O=C(O)CC(F)S(=O)(=O)c1ccc(Cl)cc1. The molecule has 0 spiro atoms. The first kappa shape index (κ1) is 12.9. The molecule has 0 amide bonds. The molecule has 0 aromatic heterocycles. The topological polar surface area (TPSA) is 71.4 Å². The fraction of sp³-hybridized carbons (Fsp3) is 0.222. The van der Waals surface area contributed by atoms with Gasteiger partial charge in [-0.2, -0.15) is 0 Å². The van der Waals surface area contributed by atoms with Crippen LogP contribution in [0.25, 0.3) is 0 Å². The van der Waals surface area contributed by atoms with E-state index in [1.165, 1.54) is 12.1 Å². The van der Waals surface area contributed by atoms with E-state index in [1.54, 1.807) is 0 Å². The van der Waals surface area contributed by atoms with Crippen LogP contribution in [0.1, 0.15) is 6.42 Å². The van der Waals surface area contributed by atoms with Crippen molar-refractivity contribution in [3.63, 3.8) is 0 Å². The second kappa shape index (κ2) is 4.80. The van der Waals surface area contributed by atoms with Crippen molar-refractivity contribution in [1.29, 1.82) is 0 Å². The number of carboxylic acids is 1. The predicted molar refractivity (Wildman–Crippen MR) is 55.8 cm³/mol. The van der Waals surface area contributed by atoms with Crippen LogP contribution < -0.4 is 0 Å². The van der Waals surface area contributed by atoms with Crippen LogP contribution >= 0.6 is 11.6 Å². The minimum absolute atomic E-state index is 0.286. The standard InChI is InChI=1S/C9H8ClFO4S/c10-6-1-3-7(4-2-6)16(14,15)8(11)5-9(12)13/h1-4,8H,5H2,(H,12,13). The summed E-state index contributed by atoms with van der Waals surface area (Å²) in [7, 11) is -4.26. The second-order valence-electron chi connectivity index (χ2n) is 3.01. The maximum absolute atomic E-state index is 13.2. The monoisotopic (exact) mass is 266 g/mol. The number of carboxylic acid groups (broad SMARTS) is 1. The van der Waals surface area contributed by atoms with Gasteiger partial charge in [-0.15, -0.1) is 0 Å². The number of hydrogen-bond donors (Lipinski definition) is 1. The van der Waals surface area contributed by atoms with Crippen molar-refractivity contribution in [1.82, 2.24) is 0 Å². The fourth-order valence-corrected chi connectivity index (χ4v) is 2.32. The molecule has 0 saturated carbocycles. The number of benzene rings is 1. The van der Waals surface area contributed by atoms with Gasteiger partial charge in [0, 0.05) is 5.02 Å². The van der Waals surface area contributed by atoms with Gasteiger partial charge in [0.25, 0.3) is 0 Å². The highest BCUT2D eigenvalue weighted by Gasteiger charge is 2.29. The summed E-state index contributed by atoms with van der Waals surface area (Å²) in [6, 6.07) is 4.85. The number of sulfone groups is 1. The zero-order valence-corrected chi connectivity index (χ0v) is 9.50. The van der Waals surface area contributed by atoms with E-state index in [9.17, 15) is 17.6 Å². The normalized spacial score (nSPS) is 13.4. The van der Waals surface area contributed by atoms with Crippen molar-refractivity contribution in [2.45, 2.75) is 16.8 Å². The Balaban J connectivity index is 3.02. The molecule has 1 unspecified atom stereocenters. The summed E-state index contributed by atoms with van der Waals surface area (Å²) in [4.78, 5) is 9.93. The highest BCUT2D eigenvalue weighted by atomic mass is 35.5. The fourth-order valence-electron chi connectivity index (χ4n) is 1.02. The van der Waals surface area contributed by atoms with Crippen LogP contribution in [0.5, 0.6) is 0 Å². The molecule has 1 atom stereocenters. The first-order chi connectivity index (χ1) is 7.34. The number of rotatable bonds is 4. The number of alkyl halides is 1. The van der Waals surface area contributed by atoms with Crippen LogP contribution in [0.2, 0.25) is 5.02 Å². The number of halogens is 2. The van der Waals surface area contributed by atoms with Gasteiger partial charge < -0.3 is 5.11 Å². The van der Waals surface area contributed by atoms with Crippen molar-refractivity contribution >= 4 is 27.4 Å². The Morgan fingerprint density at radius 1 is 1.38 bits per heavy atom. The Bertz CT molecular complexity index is 483. The molecule has 7 heteroatoms. The van der Waals surface area contributed by atoms with Gasteiger partial charge in [0.15, 0.2) is 0 Å². The Morgan fingerprint density at radius 2 is 1.88 bits per heavy atom. The molecule has 1 rings (SSSR count). The molecule has 16 heavy (non-hydrogen) atoms. The van der Waals surface area contributed by atoms with Gasteiger partial charge in [-0.05, 0) is 24.3 Å². The summed E-state index contributed by atoms with van der Waals surface area (Å²) in [6.07, 6.45) is -1.08. The van der Waals surface area contributed by atoms with Crippen LogP contribution in [-0.4, -0.2) is 25.0 Å². The Morgan fingerprint density at radius 3 is 2.31 bits per heavy atom. The van der Waals surface area contributed by atoms with E-state index in [4.69, 9.17) is 16.7 Å². The summed E-state index contributed by atoms with van der Waals surface area (Å²) in [5.41, 5.74) is -2.45. The molecule has 4 nitrogen and oxygen atoms in total. The van der Waals surface area contributed by atoms with Crippen LogP contribution in [0.4, 0.5) is 4.39 Å². The first-order valence-corrected chi connectivity index (χ1v) is 6.12. The maximum atomic E-state index is 13.2. The number of carbonyl (C=O) groups is 1. The molecule has 0 radical (unpaired) electrons. The third-order valence-corrected chi connectivity index (χ3v) is 3.84. The van der Waals surface area contributed by atoms with Crippen molar-refractivity contribution in [2.24, 2.45) is 0 Å². The van der Waals surface area contributed by atoms with Gasteiger partial charge in [0.2, 0.25) is 15.3 Å². The van der Waals surface area contributed by atoms with Crippen LogP contribution in [0.3, 0.4) is 0 Å². The molecule has 0 heterocycles. The number of hydrogen-bond acceptors (Lipinski definition) is 3. The molecule has 0 aliphatic carbocycles. The Kier molecular flexibility index (Phi) is 3.88. The summed E-state index contributed by atoms with van der Waals surface area (Å²) in [6.45, 7) is 0. The van der Waals surface area contributed by atoms with Crippen molar-refractivity contribution in [2.75, 3.05) is 0 Å². The van der Waals surface area contributed by atoms with Gasteiger partial charge in [-0.1, -0.05) is 11.6 Å². The lowest BCUT2D eigenvalue weighted by atomic mass is 10.4. The van der Waals surface area contributed by atoms with Crippen LogP contribution in [0, 0.1) is 0 Å². The minimum atomic E-state index is -4.26. The van der Waals surface area contributed by atoms with Gasteiger partial charge in [-0.25, -0.2) is 12.8 Å². The predicted octanol–water partition coefficient (Wildman–Crippen LogP) is 1.88. The van der Waals surface area contributed by atoms with E-state index >= 15 is 0 Å². The second-order valence-corrected chi connectivity index (χ2v) is 5.52. The van der Waals surface area contributed by atoms with E-state index in [1.807, 2.05) is 0 Å². The quantitative estimate of drug-likeness (QED) is 0.903. The molecule has 0 aliphatic heterocycles. The lowest BCUT2D eigenvalue weighted by Gasteiger charge is -2.07. The summed E-state index contributed by atoms with van der Waals surface area (Å²) in [5.74, 6) is -1.51. The van der Waals surface area contributed by atoms with E-state index in [-0.39, 0.29) is 4.90 Å². The molecular weight excluding hydrogens is 259 g/mol. The molecular formula is C9H8ClFO4S. The third-order valence-electron chi connectivity index (χ3n) is 1.81.